The van der Waals surface area contributed by atoms with Crippen molar-refractivity contribution in [3.05, 3.63) is 86.1 Å². The molecule has 0 saturated heterocycles. The molecule has 4 rings (SSSR count). The van der Waals surface area contributed by atoms with E-state index in [9.17, 15) is 9.59 Å². The van der Waals surface area contributed by atoms with Gasteiger partial charge < -0.3 is 5.32 Å². The monoisotopic (exact) mass is 458 g/mol. The van der Waals surface area contributed by atoms with Gasteiger partial charge in [-0.1, -0.05) is 39.7 Å². The Morgan fingerprint density at radius 3 is 2.41 bits per heavy atom. The molecule has 4 nitrogen and oxygen atoms in total. The van der Waals surface area contributed by atoms with E-state index in [4.69, 9.17) is 11.6 Å². The number of carbonyl (C=O) groups excluding carboxylic acids is 2. The third-order valence-corrected chi connectivity index (χ3v) is 5.66. The normalized spacial score (nSPS) is 14.2. The molecule has 0 fully saturated rings. The molecule has 3 aromatic rings. The van der Waals surface area contributed by atoms with E-state index in [2.05, 4.69) is 21.2 Å². The molecule has 2 heterocycles. The lowest BCUT2D eigenvalue weighted by molar-refractivity contribution is -0.120. The summed E-state index contributed by atoms with van der Waals surface area (Å²) in [6.45, 7) is 0. The van der Waals surface area contributed by atoms with Gasteiger partial charge in [0.1, 0.15) is 5.70 Å². The molecule has 1 N–H and O–H groups in total. The first-order valence-corrected chi connectivity index (χ1v) is 10.0. The fourth-order valence-electron chi connectivity index (χ4n) is 2.83. The highest BCUT2D eigenvalue weighted by Crippen LogP contribution is 2.36. The average molecular weight is 460 g/mol. The summed E-state index contributed by atoms with van der Waals surface area (Å²) in [4.78, 5) is 28.2. The van der Waals surface area contributed by atoms with Crippen molar-refractivity contribution in [2.75, 3.05) is 10.2 Å². The molecule has 134 valence electrons. The average Bonchev–Trinajstić information content (AvgIpc) is 3.24. The molecule has 0 aliphatic carbocycles. The standard InChI is InChI=1S/C20H12BrClN2O2S/c21-12-3-1-4-14(11-12)23-18-17(16-5-2-10-27-16)19(25)24(20(18)26)15-8-6-13(22)7-9-15/h1-11,23H. The van der Waals surface area contributed by atoms with Crippen LogP contribution >= 0.6 is 38.9 Å². The van der Waals surface area contributed by atoms with Gasteiger partial charge >= 0.3 is 0 Å². The van der Waals surface area contributed by atoms with Crippen molar-refractivity contribution in [2.45, 2.75) is 0 Å². The van der Waals surface area contributed by atoms with Crippen LogP contribution in [0.3, 0.4) is 0 Å². The molecule has 27 heavy (non-hydrogen) atoms. The summed E-state index contributed by atoms with van der Waals surface area (Å²) in [5, 5.41) is 5.54. The lowest BCUT2D eigenvalue weighted by atomic mass is 10.2. The van der Waals surface area contributed by atoms with E-state index in [0.717, 1.165) is 9.35 Å². The highest BCUT2D eigenvalue weighted by atomic mass is 79.9. The number of rotatable bonds is 4. The van der Waals surface area contributed by atoms with Gasteiger partial charge in [-0.2, -0.15) is 0 Å². The van der Waals surface area contributed by atoms with Crippen LogP contribution in [0.25, 0.3) is 5.57 Å². The van der Waals surface area contributed by atoms with Gasteiger partial charge in [-0.25, -0.2) is 4.90 Å². The van der Waals surface area contributed by atoms with Gasteiger partial charge in [0.25, 0.3) is 11.8 Å². The summed E-state index contributed by atoms with van der Waals surface area (Å²) < 4.78 is 0.872. The number of nitrogens with zero attached hydrogens (tertiary/aromatic N) is 1. The molecule has 7 heteroatoms. The van der Waals surface area contributed by atoms with E-state index in [1.54, 1.807) is 24.3 Å². The summed E-state index contributed by atoms with van der Waals surface area (Å²) >= 11 is 10.8. The minimum absolute atomic E-state index is 0.260. The van der Waals surface area contributed by atoms with Crippen LogP contribution in [0.2, 0.25) is 5.02 Å². The molecule has 1 aromatic heterocycles. The van der Waals surface area contributed by atoms with Crippen molar-refractivity contribution in [2.24, 2.45) is 0 Å². The Labute approximate surface area is 173 Å². The van der Waals surface area contributed by atoms with E-state index in [1.807, 2.05) is 41.8 Å². The second kappa shape index (κ2) is 7.31. The maximum atomic E-state index is 13.1. The predicted molar refractivity (Wildman–Crippen MR) is 113 cm³/mol. The lowest BCUT2D eigenvalue weighted by Crippen LogP contribution is -2.32. The van der Waals surface area contributed by atoms with Gasteiger partial charge in [0, 0.05) is 20.1 Å². The first kappa shape index (κ1) is 18.0. The molecule has 2 amide bonds. The molecule has 0 bridgehead atoms. The van der Waals surface area contributed by atoms with E-state index >= 15 is 0 Å². The maximum Gasteiger partial charge on any atom is 0.282 e. The number of thiophene rings is 1. The topological polar surface area (TPSA) is 49.4 Å². The first-order valence-electron chi connectivity index (χ1n) is 7.99. The zero-order valence-corrected chi connectivity index (χ0v) is 16.9. The summed E-state index contributed by atoms with van der Waals surface area (Å²) in [5.74, 6) is -0.757. The number of anilines is 2. The van der Waals surface area contributed by atoms with E-state index in [0.29, 0.717) is 22.0 Å². The third kappa shape index (κ3) is 3.43. The largest absolute Gasteiger partial charge is 0.350 e. The van der Waals surface area contributed by atoms with Crippen LogP contribution in [0.5, 0.6) is 0 Å². The second-order valence-corrected chi connectivity index (χ2v) is 8.08. The Bertz CT molecular complexity index is 1060. The van der Waals surface area contributed by atoms with Gasteiger partial charge in [-0.05, 0) is 53.9 Å². The molecule has 1 aliphatic rings. The SMILES string of the molecule is O=C1C(Nc2cccc(Br)c2)=C(c2cccs2)C(=O)N1c1ccc(Cl)cc1. The van der Waals surface area contributed by atoms with Gasteiger partial charge in [0.05, 0.1) is 11.3 Å². The van der Waals surface area contributed by atoms with Crippen LogP contribution in [-0.2, 0) is 9.59 Å². The molecule has 0 unspecified atom stereocenters. The summed E-state index contributed by atoms with van der Waals surface area (Å²) in [6, 6.07) is 17.7. The number of amides is 2. The number of hydrogen-bond acceptors (Lipinski definition) is 4. The second-order valence-electron chi connectivity index (χ2n) is 5.78. The summed E-state index contributed by atoms with van der Waals surface area (Å²) in [5.41, 5.74) is 1.82. The number of carbonyl (C=O) groups is 2. The zero-order valence-electron chi connectivity index (χ0n) is 13.8. The number of nitrogens with one attached hydrogen (secondary N) is 1. The van der Waals surface area contributed by atoms with E-state index in [1.165, 1.54) is 16.2 Å². The van der Waals surface area contributed by atoms with Gasteiger partial charge in [-0.15, -0.1) is 11.3 Å². The van der Waals surface area contributed by atoms with Crippen molar-refractivity contribution < 1.29 is 9.59 Å². The van der Waals surface area contributed by atoms with Crippen LogP contribution in [-0.4, -0.2) is 11.8 Å². The van der Waals surface area contributed by atoms with Crippen molar-refractivity contribution in [3.8, 4) is 0 Å². The number of imide groups is 1. The van der Waals surface area contributed by atoms with Crippen LogP contribution < -0.4 is 10.2 Å². The molecule has 1 aliphatic heterocycles. The summed E-state index contributed by atoms with van der Waals surface area (Å²) in [7, 11) is 0. The number of benzene rings is 2. The molecule has 0 spiro atoms. The Morgan fingerprint density at radius 1 is 0.963 bits per heavy atom. The molecule has 0 saturated carbocycles. The van der Waals surface area contributed by atoms with E-state index in [-0.39, 0.29) is 11.6 Å². The highest BCUT2D eigenvalue weighted by molar-refractivity contribution is 9.10. The van der Waals surface area contributed by atoms with Crippen LogP contribution in [0.1, 0.15) is 4.88 Å². The van der Waals surface area contributed by atoms with Crippen molar-refractivity contribution >= 4 is 67.6 Å². The highest BCUT2D eigenvalue weighted by Gasteiger charge is 2.40. The van der Waals surface area contributed by atoms with Crippen molar-refractivity contribution in [1.82, 2.24) is 0 Å². The Kier molecular flexibility index (Phi) is 4.86. The Hall–Kier alpha value is -2.41. The smallest absolute Gasteiger partial charge is 0.282 e. The van der Waals surface area contributed by atoms with Crippen LogP contribution in [0.15, 0.2) is 76.2 Å². The molecule has 0 atom stereocenters. The van der Waals surface area contributed by atoms with Crippen molar-refractivity contribution in [1.29, 1.82) is 0 Å². The third-order valence-electron chi connectivity index (χ3n) is 4.03. The fraction of sp³-hybridized carbons (Fsp3) is 0. The fourth-order valence-corrected chi connectivity index (χ4v) is 4.12. The molecule has 2 aromatic carbocycles. The number of hydrogen-bond donors (Lipinski definition) is 1. The molecular weight excluding hydrogens is 448 g/mol. The van der Waals surface area contributed by atoms with Gasteiger partial charge in [0.15, 0.2) is 0 Å². The Balaban J connectivity index is 1.79. The van der Waals surface area contributed by atoms with Crippen LogP contribution in [0, 0.1) is 0 Å². The summed E-state index contributed by atoms with van der Waals surface area (Å²) in [6.07, 6.45) is 0. The lowest BCUT2D eigenvalue weighted by Gasteiger charge is -2.15. The Morgan fingerprint density at radius 2 is 1.74 bits per heavy atom. The quantitative estimate of drug-likeness (QED) is 0.520. The number of halogens is 2. The van der Waals surface area contributed by atoms with Gasteiger partial charge in [-0.3, -0.25) is 9.59 Å². The van der Waals surface area contributed by atoms with Crippen LogP contribution in [0.4, 0.5) is 11.4 Å². The van der Waals surface area contributed by atoms with E-state index < -0.39 is 5.91 Å². The zero-order chi connectivity index (χ0) is 19.0. The maximum absolute atomic E-state index is 13.1. The van der Waals surface area contributed by atoms with Gasteiger partial charge in [0.2, 0.25) is 0 Å². The minimum Gasteiger partial charge on any atom is -0.350 e. The molecule has 0 radical (unpaired) electrons. The molecular formula is C20H12BrClN2O2S. The minimum atomic E-state index is -0.398. The first-order chi connectivity index (χ1) is 13.0. The van der Waals surface area contributed by atoms with Crippen molar-refractivity contribution in [3.63, 3.8) is 0 Å². The predicted octanol–water partition coefficient (Wildman–Crippen LogP) is 5.56.